The van der Waals surface area contributed by atoms with E-state index in [1.54, 1.807) is 6.92 Å². The quantitative estimate of drug-likeness (QED) is 0.541. The third-order valence-electron chi connectivity index (χ3n) is 3.03. The lowest BCUT2D eigenvalue weighted by Gasteiger charge is -2.10. The summed E-state index contributed by atoms with van der Waals surface area (Å²) in [6, 6.07) is 0. The van der Waals surface area contributed by atoms with Crippen molar-refractivity contribution >= 4 is 11.9 Å². The molecule has 2 atom stereocenters. The second-order valence-electron chi connectivity index (χ2n) is 4.04. The van der Waals surface area contributed by atoms with Crippen LogP contribution >= 0.6 is 0 Å². The molecule has 0 aromatic heterocycles. The highest BCUT2D eigenvalue weighted by molar-refractivity contribution is 6.02. The van der Waals surface area contributed by atoms with Crippen LogP contribution in [0.25, 0.3) is 0 Å². The molecular formula is C11H18O4. The maximum atomic E-state index is 11.5. The van der Waals surface area contributed by atoms with Gasteiger partial charge in [-0.1, -0.05) is 19.8 Å². The molecule has 0 heterocycles. The topological polar surface area (TPSA) is 63.6 Å². The Hall–Kier alpha value is -1.06. The molecule has 4 heteroatoms. The number of carbonyl (C=O) groups is 2. The van der Waals surface area contributed by atoms with Gasteiger partial charge in [-0.3, -0.25) is 9.59 Å². The second kappa shape index (κ2) is 4.64. The van der Waals surface area contributed by atoms with E-state index < -0.39 is 17.4 Å². The van der Waals surface area contributed by atoms with E-state index in [1.165, 1.54) is 0 Å². The van der Waals surface area contributed by atoms with Gasteiger partial charge in [-0.25, -0.2) is 0 Å². The Bertz CT molecular complexity index is 261. The number of carboxylic acids is 1. The summed E-state index contributed by atoms with van der Waals surface area (Å²) in [5.41, 5.74) is -1.22. The fourth-order valence-electron chi connectivity index (χ4n) is 1.99. The monoisotopic (exact) mass is 214 g/mol. The molecule has 15 heavy (non-hydrogen) atoms. The molecule has 0 bridgehead atoms. The molecule has 1 saturated carbocycles. The standard InChI is InChI=1S/C11H18O4/c1-3-5-6-8-7-11(8,9(12)13)10(14)15-4-2/h8H,3-7H2,1-2H3,(H,12,13). The van der Waals surface area contributed by atoms with Gasteiger partial charge in [0, 0.05) is 0 Å². The first-order valence-electron chi connectivity index (χ1n) is 5.50. The van der Waals surface area contributed by atoms with Crippen LogP contribution in [0.5, 0.6) is 0 Å². The number of ether oxygens (including phenoxy) is 1. The first-order chi connectivity index (χ1) is 7.09. The maximum absolute atomic E-state index is 11.5. The molecule has 4 nitrogen and oxygen atoms in total. The largest absolute Gasteiger partial charge is 0.480 e. The number of unbranched alkanes of at least 4 members (excludes halogenated alkanes) is 1. The molecule has 1 N–H and O–H groups in total. The highest BCUT2D eigenvalue weighted by Crippen LogP contribution is 2.56. The van der Waals surface area contributed by atoms with E-state index in [0.29, 0.717) is 6.42 Å². The highest BCUT2D eigenvalue weighted by Gasteiger charge is 2.66. The summed E-state index contributed by atoms with van der Waals surface area (Å²) in [6.45, 7) is 3.99. The molecule has 86 valence electrons. The van der Waals surface area contributed by atoms with Crippen molar-refractivity contribution in [1.82, 2.24) is 0 Å². The van der Waals surface area contributed by atoms with Gasteiger partial charge in [0.05, 0.1) is 6.61 Å². The van der Waals surface area contributed by atoms with E-state index >= 15 is 0 Å². The van der Waals surface area contributed by atoms with Crippen LogP contribution in [0, 0.1) is 11.3 Å². The Kier molecular flexibility index (Phi) is 3.72. The van der Waals surface area contributed by atoms with Gasteiger partial charge in [-0.15, -0.1) is 0 Å². The third kappa shape index (κ3) is 2.13. The van der Waals surface area contributed by atoms with E-state index in [4.69, 9.17) is 9.84 Å². The van der Waals surface area contributed by atoms with Crippen LogP contribution in [0.3, 0.4) is 0 Å². The van der Waals surface area contributed by atoms with Crippen molar-refractivity contribution in [3.63, 3.8) is 0 Å². The number of carbonyl (C=O) groups excluding carboxylic acids is 1. The summed E-state index contributed by atoms with van der Waals surface area (Å²) < 4.78 is 4.82. The number of rotatable bonds is 6. The lowest BCUT2D eigenvalue weighted by molar-refractivity contribution is -0.161. The van der Waals surface area contributed by atoms with Gasteiger partial charge < -0.3 is 9.84 Å². The summed E-state index contributed by atoms with van der Waals surface area (Å²) in [5, 5.41) is 9.07. The molecule has 0 spiro atoms. The van der Waals surface area contributed by atoms with E-state index in [1.807, 2.05) is 0 Å². The molecule has 1 aliphatic carbocycles. The van der Waals surface area contributed by atoms with Gasteiger partial charge in [0.25, 0.3) is 0 Å². The van der Waals surface area contributed by atoms with Gasteiger partial charge in [0.15, 0.2) is 5.41 Å². The zero-order valence-corrected chi connectivity index (χ0v) is 9.28. The summed E-state index contributed by atoms with van der Waals surface area (Å²) in [5.74, 6) is -1.60. The summed E-state index contributed by atoms with van der Waals surface area (Å²) >= 11 is 0. The molecule has 0 amide bonds. The van der Waals surface area contributed by atoms with Crippen LogP contribution in [-0.4, -0.2) is 23.7 Å². The normalized spacial score (nSPS) is 28.5. The Balaban J connectivity index is 2.61. The molecule has 0 aromatic carbocycles. The first kappa shape index (κ1) is 12.0. The first-order valence-corrected chi connectivity index (χ1v) is 5.50. The van der Waals surface area contributed by atoms with Gasteiger partial charge in [0.1, 0.15) is 0 Å². The van der Waals surface area contributed by atoms with Gasteiger partial charge in [0.2, 0.25) is 0 Å². The highest BCUT2D eigenvalue weighted by atomic mass is 16.5. The fraction of sp³-hybridized carbons (Fsp3) is 0.818. The molecule has 2 unspecified atom stereocenters. The minimum atomic E-state index is -1.22. The number of carboxylic acid groups (broad SMARTS) is 1. The van der Waals surface area contributed by atoms with Crippen LogP contribution in [0.15, 0.2) is 0 Å². The van der Waals surface area contributed by atoms with Crippen LogP contribution in [0.2, 0.25) is 0 Å². The van der Waals surface area contributed by atoms with E-state index in [0.717, 1.165) is 19.3 Å². The van der Waals surface area contributed by atoms with Crippen molar-refractivity contribution in [2.24, 2.45) is 11.3 Å². The van der Waals surface area contributed by atoms with E-state index in [2.05, 4.69) is 6.92 Å². The second-order valence-corrected chi connectivity index (χ2v) is 4.04. The molecule has 1 aliphatic rings. The minimum Gasteiger partial charge on any atom is -0.480 e. The van der Waals surface area contributed by atoms with Crippen molar-refractivity contribution in [3.8, 4) is 0 Å². The van der Waals surface area contributed by atoms with Gasteiger partial charge in [-0.05, 0) is 25.7 Å². The van der Waals surface area contributed by atoms with Crippen molar-refractivity contribution < 1.29 is 19.4 Å². The molecule has 1 fully saturated rings. The molecule has 0 aromatic rings. The summed E-state index contributed by atoms with van der Waals surface area (Å²) in [4.78, 5) is 22.6. The Morgan fingerprint density at radius 1 is 1.47 bits per heavy atom. The fourth-order valence-corrected chi connectivity index (χ4v) is 1.99. The molecule has 0 saturated heterocycles. The zero-order chi connectivity index (χ0) is 11.5. The van der Waals surface area contributed by atoms with E-state index in [-0.39, 0.29) is 12.5 Å². The number of hydrogen-bond donors (Lipinski definition) is 1. The van der Waals surface area contributed by atoms with Gasteiger partial charge in [-0.2, -0.15) is 0 Å². The number of esters is 1. The maximum Gasteiger partial charge on any atom is 0.323 e. The Morgan fingerprint density at radius 2 is 2.13 bits per heavy atom. The van der Waals surface area contributed by atoms with Crippen molar-refractivity contribution in [1.29, 1.82) is 0 Å². The average molecular weight is 214 g/mol. The van der Waals surface area contributed by atoms with Crippen molar-refractivity contribution in [3.05, 3.63) is 0 Å². The zero-order valence-electron chi connectivity index (χ0n) is 9.28. The lowest BCUT2D eigenvalue weighted by Crippen LogP contribution is -2.29. The Labute approximate surface area is 89.6 Å². The van der Waals surface area contributed by atoms with Gasteiger partial charge >= 0.3 is 11.9 Å². The molecule has 0 radical (unpaired) electrons. The summed E-state index contributed by atoms with van der Waals surface area (Å²) in [6.07, 6.45) is 3.25. The van der Waals surface area contributed by atoms with Crippen LogP contribution in [0.1, 0.15) is 39.5 Å². The SMILES string of the molecule is CCCCC1CC1(C(=O)O)C(=O)OCC. The lowest BCUT2D eigenvalue weighted by atomic mass is 10.0. The predicted octanol–water partition coefficient (Wildman–Crippen LogP) is 1.83. The minimum absolute atomic E-state index is 0.0194. The van der Waals surface area contributed by atoms with Crippen molar-refractivity contribution in [2.75, 3.05) is 6.61 Å². The molecule has 0 aliphatic heterocycles. The number of hydrogen-bond acceptors (Lipinski definition) is 3. The predicted molar refractivity (Wildman–Crippen MR) is 54.3 cm³/mol. The smallest absolute Gasteiger partial charge is 0.323 e. The van der Waals surface area contributed by atoms with Crippen LogP contribution < -0.4 is 0 Å². The number of aliphatic carboxylic acids is 1. The van der Waals surface area contributed by atoms with Crippen molar-refractivity contribution in [2.45, 2.75) is 39.5 Å². The van der Waals surface area contributed by atoms with Crippen LogP contribution in [-0.2, 0) is 14.3 Å². The average Bonchev–Trinajstić information content (AvgIpc) is 2.90. The third-order valence-corrected chi connectivity index (χ3v) is 3.03. The molecule has 1 rings (SSSR count). The Morgan fingerprint density at radius 3 is 2.60 bits per heavy atom. The van der Waals surface area contributed by atoms with Crippen LogP contribution in [0.4, 0.5) is 0 Å². The molecular weight excluding hydrogens is 196 g/mol. The summed E-state index contributed by atoms with van der Waals surface area (Å²) in [7, 11) is 0. The van der Waals surface area contributed by atoms with E-state index in [9.17, 15) is 9.59 Å².